The Morgan fingerprint density at radius 1 is 1.28 bits per heavy atom. The molecule has 0 amide bonds. The highest BCUT2D eigenvalue weighted by Crippen LogP contribution is 2.14. The van der Waals surface area contributed by atoms with E-state index in [1.807, 2.05) is 30.3 Å². The number of nitrogens with two attached hydrogens (primary N) is 1. The van der Waals surface area contributed by atoms with Crippen LogP contribution in [0.25, 0.3) is 0 Å². The summed E-state index contributed by atoms with van der Waals surface area (Å²) in [6.07, 6.45) is 3.55. The number of nitrogen functional groups attached to an aromatic ring is 1. The molecule has 2 aromatic rings. The highest BCUT2D eigenvalue weighted by Gasteiger charge is 2.06. The Morgan fingerprint density at radius 2 is 2.11 bits per heavy atom. The summed E-state index contributed by atoms with van der Waals surface area (Å²) in [5, 5.41) is 0. The van der Waals surface area contributed by atoms with Crippen molar-refractivity contribution in [1.82, 2.24) is 9.88 Å². The van der Waals surface area contributed by atoms with Crippen LogP contribution in [-0.4, -0.2) is 16.9 Å². The van der Waals surface area contributed by atoms with Gasteiger partial charge in [0.25, 0.3) is 0 Å². The van der Waals surface area contributed by atoms with Gasteiger partial charge in [-0.25, -0.2) is 4.39 Å². The number of halogens is 1. The van der Waals surface area contributed by atoms with Gasteiger partial charge < -0.3 is 5.73 Å². The number of hydrogen-bond donors (Lipinski definition) is 1. The molecule has 94 valence electrons. The van der Waals surface area contributed by atoms with Crippen molar-refractivity contribution in [3.63, 3.8) is 0 Å². The van der Waals surface area contributed by atoms with Crippen LogP contribution in [0.2, 0.25) is 0 Å². The first-order valence-corrected chi connectivity index (χ1v) is 5.76. The van der Waals surface area contributed by atoms with Crippen LogP contribution < -0.4 is 5.73 Å². The lowest BCUT2D eigenvalue weighted by Gasteiger charge is -2.17. The van der Waals surface area contributed by atoms with Gasteiger partial charge in [0.1, 0.15) is 5.82 Å². The number of benzene rings is 1. The van der Waals surface area contributed by atoms with E-state index < -0.39 is 0 Å². The molecule has 0 aliphatic heterocycles. The fourth-order valence-electron chi connectivity index (χ4n) is 1.84. The Balaban J connectivity index is 2.01. The smallest absolute Gasteiger partial charge is 0.129 e. The van der Waals surface area contributed by atoms with Crippen molar-refractivity contribution in [2.45, 2.75) is 13.1 Å². The molecule has 0 aliphatic carbocycles. The highest BCUT2D eigenvalue weighted by atomic mass is 19.1. The minimum Gasteiger partial charge on any atom is -0.399 e. The first-order chi connectivity index (χ1) is 8.65. The van der Waals surface area contributed by atoms with Gasteiger partial charge in [-0.15, -0.1) is 0 Å². The second-order valence-electron chi connectivity index (χ2n) is 4.38. The average molecular weight is 245 g/mol. The molecule has 1 aromatic carbocycles. The quantitative estimate of drug-likeness (QED) is 0.841. The number of nitrogens with zero attached hydrogens (tertiary/aromatic N) is 2. The zero-order chi connectivity index (χ0) is 13.0. The Bertz CT molecular complexity index is 514. The fraction of sp³-hybridized carbons (Fsp3) is 0.214. The molecule has 0 fully saturated rings. The maximum absolute atomic E-state index is 13.6. The normalized spacial score (nSPS) is 10.8. The summed E-state index contributed by atoms with van der Waals surface area (Å²) in [6.45, 7) is 1.28. The number of aromatic nitrogens is 1. The van der Waals surface area contributed by atoms with E-state index in [4.69, 9.17) is 5.73 Å². The molecule has 0 saturated heterocycles. The molecule has 1 heterocycles. The molecule has 3 nitrogen and oxygen atoms in total. The van der Waals surface area contributed by atoms with Crippen molar-refractivity contribution in [2.75, 3.05) is 12.8 Å². The molecule has 0 radical (unpaired) electrons. The molecule has 0 bridgehead atoms. The van der Waals surface area contributed by atoms with Gasteiger partial charge >= 0.3 is 0 Å². The summed E-state index contributed by atoms with van der Waals surface area (Å²) in [5.41, 5.74) is 7.73. The van der Waals surface area contributed by atoms with Crippen LogP contribution >= 0.6 is 0 Å². The third kappa shape index (κ3) is 3.28. The predicted molar refractivity (Wildman–Crippen MR) is 70.2 cm³/mol. The van der Waals surface area contributed by atoms with Crippen molar-refractivity contribution in [1.29, 1.82) is 0 Å². The molecule has 0 atom stereocenters. The number of anilines is 1. The summed E-state index contributed by atoms with van der Waals surface area (Å²) >= 11 is 0. The third-order valence-electron chi connectivity index (χ3n) is 2.69. The number of pyridine rings is 1. The van der Waals surface area contributed by atoms with Crippen LogP contribution in [0.1, 0.15) is 11.1 Å². The van der Waals surface area contributed by atoms with Gasteiger partial charge in [0.05, 0.1) is 0 Å². The van der Waals surface area contributed by atoms with Crippen molar-refractivity contribution in [3.05, 3.63) is 59.7 Å². The van der Waals surface area contributed by atoms with Gasteiger partial charge in [-0.2, -0.15) is 0 Å². The fourth-order valence-corrected chi connectivity index (χ4v) is 1.84. The van der Waals surface area contributed by atoms with Gasteiger partial charge in [-0.05, 0) is 30.8 Å². The van der Waals surface area contributed by atoms with Crippen LogP contribution in [0.15, 0.2) is 42.7 Å². The Morgan fingerprint density at radius 3 is 2.78 bits per heavy atom. The molecule has 0 saturated carbocycles. The molecule has 1 aromatic heterocycles. The second-order valence-corrected chi connectivity index (χ2v) is 4.38. The van der Waals surface area contributed by atoms with E-state index >= 15 is 0 Å². The third-order valence-corrected chi connectivity index (χ3v) is 2.69. The van der Waals surface area contributed by atoms with Gasteiger partial charge in [-0.1, -0.05) is 12.1 Å². The van der Waals surface area contributed by atoms with Crippen molar-refractivity contribution in [3.8, 4) is 0 Å². The van der Waals surface area contributed by atoms with Crippen LogP contribution in [0, 0.1) is 5.82 Å². The molecule has 0 aliphatic rings. The lowest BCUT2D eigenvalue weighted by atomic mass is 10.1. The Hall–Kier alpha value is -1.94. The van der Waals surface area contributed by atoms with E-state index in [9.17, 15) is 4.39 Å². The zero-order valence-corrected chi connectivity index (χ0v) is 10.3. The van der Waals surface area contributed by atoms with Crippen LogP contribution in [0.5, 0.6) is 0 Å². The topological polar surface area (TPSA) is 42.2 Å². The molecule has 0 unspecified atom stereocenters. The van der Waals surface area contributed by atoms with E-state index in [1.165, 1.54) is 6.07 Å². The van der Waals surface area contributed by atoms with Gasteiger partial charge in [-0.3, -0.25) is 9.88 Å². The predicted octanol–water partition coefficient (Wildman–Crippen LogP) is 2.43. The molecule has 2 N–H and O–H groups in total. The Labute approximate surface area is 106 Å². The molecular weight excluding hydrogens is 229 g/mol. The highest BCUT2D eigenvalue weighted by molar-refractivity contribution is 5.40. The van der Waals surface area contributed by atoms with Gasteiger partial charge in [0.2, 0.25) is 0 Å². The van der Waals surface area contributed by atoms with Crippen LogP contribution in [0.3, 0.4) is 0 Å². The van der Waals surface area contributed by atoms with Crippen molar-refractivity contribution >= 4 is 5.69 Å². The molecule has 0 spiro atoms. The minimum atomic E-state index is -0.256. The maximum Gasteiger partial charge on any atom is 0.129 e. The monoisotopic (exact) mass is 245 g/mol. The average Bonchev–Trinajstić information content (AvgIpc) is 2.34. The summed E-state index contributed by atoms with van der Waals surface area (Å²) in [7, 11) is 1.95. The van der Waals surface area contributed by atoms with Crippen LogP contribution in [-0.2, 0) is 13.1 Å². The molecule has 4 heteroatoms. The van der Waals surface area contributed by atoms with E-state index in [1.54, 1.807) is 18.3 Å². The van der Waals surface area contributed by atoms with Crippen molar-refractivity contribution in [2.24, 2.45) is 0 Å². The van der Waals surface area contributed by atoms with E-state index in [-0.39, 0.29) is 5.82 Å². The summed E-state index contributed by atoms with van der Waals surface area (Å²) < 4.78 is 13.6. The first kappa shape index (κ1) is 12.5. The summed E-state index contributed by atoms with van der Waals surface area (Å²) in [6, 6.07) is 8.70. The van der Waals surface area contributed by atoms with E-state index in [0.717, 1.165) is 12.1 Å². The summed E-state index contributed by atoms with van der Waals surface area (Å²) in [5.74, 6) is -0.256. The van der Waals surface area contributed by atoms with E-state index in [0.29, 0.717) is 17.8 Å². The number of rotatable bonds is 4. The van der Waals surface area contributed by atoms with Crippen molar-refractivity contribution < 1.29 is 4.39 Å². The SMILES string of the molecule is CN(Cc1cccnc1)Cc1ccc(N)cc1F. The van der Waals surface area contributed by atoms with Gasteiger partial charge in [0.15, 0.2) is 0 Å². The lowest BCUT2D eigenvalue weighted by molar-refractivity contribution is 0.313. The zero-order valence-electron chi connectivity index (χ0n) is 10.3. The molecular formula is C14H16FN3. The largest absolute Gasteiger partial charge is 0.399 e. The van der Waals surface area contributed by atoms with Gasteiger partial charge in [0, 0.05) is 36.7 Å². The minimum absolute atomic E-state index is 0.256. The molecule has 18 heavy (non-hydrogen) atoms. The van der Waals surface area contributed by atoms with E-state index in [2.05, 4.69) is 4.98 Å². The Kier molecular flexibility index (Phi) is 3.89. The summed E-state index contributed by atoms with van der Waals surface area (Å²) in [4.78, 5) is 6.09. The lowest BCUT2D eigenvalue weighted by Crippen LogP contribution is -2.18. The van der Waals surface area contributed by atoms with Crippen LogP contribution in [0.4, 0.5) is 10.1 Å². The standard InChI is InChI=1S/C14H16FN3/c1-18(9-11-3-2-6-17-8-11)10-12-4-5-13(16)7-14(12)15/h2-8H,9-10,16H2,1H3. The maximum atomic E-state index is 13.6. The second kappa shape index (κ2) is 5.60. The number of hydrogen-bond acceptors (Lipinski definition) is 3. The first-order valence-electron chi connectivity index (χ1n) is 5.76. The molecule has 2 rings (SSSR count).